The number of benzene rings is 4. The van der Waals surface area contributed by atoms with Gasteiger partial charge in [-0.05, 0) is 67.1 Å². The number of carbonyl (C=O) groups excluding carboxylic acids is 2. The molecule has 0 spiro atoms. The normalized spacial score (nSPS) is 10.7. The molecule has 0 aliphatic rings. The van der Waals surface area contributed by atoms with Crippen molar-refractivity contribution in [2.45, 2.75) is 19.8 Å². The summed E-state index contributed by atoms with van der Waals surface area (Å²) < 4.78 is 11.5. The largest absolute Gasteiger partial charge is 0.497 e. The minimum atomic E-state index is -1.24. The number of fused-ring (bicyclic) bond motifs is 1. The fraction of sp³-hybridized carbons (Fsp3) is 0.132. The molecule has 6 rings (SSSR count). The van der Waals surface area contributed by atoms with Gasteiger partial charge in [0.2, 0.25) is 0 Å². The van der Waals surface area contributed by atoms with Gasteiger partial charge >= 0.3 is 17.9 Å². The second kappa shape index (κ2) is 16.5. The van der Waals surface area contributed by atoms with Crippen LogP contribution in [0, 0.1) is 6.92 Å². The molecule has 0 saturated heterocycles. The first-order valence-corrected chi connectivity index (χ1v) is 16.9. The van der Waals surface area contributed by atoms with Crippen LogP contribution in [0.3, 0.4) is 0 Å². The molecule has 13 heteroatoms. The fourth-order valence-corrected chi connectivity index (χ4v) is 6.61. The Balaban J connectivity index is 0.000000205. The van der Waals surface area contributed by atoms with Gasteiger partial charge in [0.25, 0.3) is 5.91 Å². The molecule has 10 nitrogen and oxygen atoms in total. The number of methoxy groups -OCH3 is 1. The third kappa shape index (κ3) is 9.01. The van der Waals surface area contributed by atoms with Crippen LogP contribution < -0.4 is 4.74 Å². The van der Waals surface area contributed by atoms with Gasteiger partial charge < -0.3 is 19.7 Å². The third-order valence-corrected chi connectivity index (χ3v) is 9.27. The number of halogens is 2. The highest BCUT2D eigenvalue weighted by atomic mass is 35.5. The van der Waals surface area contributed by atoms with Gasteiger partial charge in [-0.25, -0.2) is 9.78 Å². The van der Waals surface area contributed by atoms with Crippen LogP contribution in [0.4, 0.5) is 0 Å². The van der Waals surface area contributed by atoms with Crippen molar-refractivity contribution in [3.63, 3.8) is 0 Å². The summed E-state index contributed by atoms with van der Waals surface area (Å²) in [6, 6.07) is 28.7. The number of hydrogen-bond donors (Lipinski definition) is 2. The zero-order valence-electron chi connectivity index (χ0n) is 27.3. The molecule has 0 radical (unpaired) electrons. The maximum Gasteiger partial charge on any atom is 0.341 e. The summed E-state index contributed by atoms with van der Waals surface area (Å²) in [7, 11) is 1.52. The molecule has 0 saturated carbocycles. The Morgan fingerprint density at radius 2 is 1.45 bits per heavy atom. The van der Waals surface area contributed by atoms with Crippen LogP contribution in [0.5, 0.6) is 5.75 Å². The maximum absolute atomic E-state index is 13.2. The smallest absolute Gasteiger partial charge is 0.341 e. The van der Waals surface area contributed by atoms with E-state index in [0.717, 1.165) is 21.0 Å². The topological polar surface area (TPSA) is 145 Å². The first-order chi connectivity index (χ1) is 24.4. The predicted molar refractivity (Wildman–Crippen MR) is 196 cm³/mol. The lowest BCUT2D eigenvalue weighted by atomic mass is 10.1. The molecule has 0 amide bonds. The van der Waals surface area contributed by atoms with Crippen molar-refractivity contribution in [3.05, 3.63) is 129 Å². The Bertz CT molecular complexity index is 2210. The second-order valence-corrected chi connectivity index (χ2v) is 13.0. The molecule has 0 unspecified atom stereocenters. The molecule has 2 aromatic heterocycles. The number of thiazole rings is 1. The average molecular weight is 746 g/mol. The van der Waals surface area contributed by atoms with Gasteiger partial charge in [0.15, 0.2) is 6.61 Å². The van der Waals surface area contributed by atoms with E-state index in [1.165, 1.54) is 23.0 Å². The number of rotatable bonds is 10. The quantitative estimate of drug-likeness (QED) is 0.133. The number of esters is 1. The minimum Gasteiger partial charge on any atom is -0.497 e. The van der Waals surface area contributed by atoms with Crippen molar-refractivity contribution in [2.24, 2.45) is 0 Å². The lowest BCUT2D eigenvalue weighted by Crippen LogP contribution is -2.16. The van der Waals surface area contributed by atoms with Crippen molar-refractivity contribution in [1.82, 2.24) is 9.55 Å². The van der Waals surface area contributed by atoms with E-state index in [4.69, 9.17) is 42.9 Å². The molecule has 6 aromatic rings. The molecule has 2 heterocycles. The Morgan fingerprint density at radius 1 is 0.804 bits per heavy atom. The lowest BCUT2D eigenvalue weighted by molar-refractivity contribution is -0.154. The van der Waals surface area contributed by atoms with Crippen molar-refractivity contribution < 1.29 is 38.9 Å². The Kier molecular flexibility index (Phi) is 11.9. The molecule has 0 aliphatic heterocycles. The van der Waals surface area contributed by atoms with Crippen LogP contribution in [-0.4, -0.2) is 57.3 Å². The van der Waals surface area contributed by atoms with Gasteiger partial charge in [-0.1, -0.05) is 65.7 Å². The summed E-state index contributed by atoms with van der Waals surface area (Å²) in [6.45, 7) is 1.00. The first kappa shape index (κ1) is 36.8. The Hall–Kier alpha value is -5.49. The van der Waals surface area contributed by atoms with Gasteiger partial charge in [0.1, 0.15) is 10.8 Å². The second-order valence-electron chi connectivity index (χ2n) is 11.1. The number of hydrogen-bond acceptors (Lipinski definition) is 8. The highest BCUT2D eigenvalue weighted by molar-refractivity contribution is 7.15. The van der Waals surface area contributed by atoms with Gasteiger partial charge in [-0.15, -0.1) is 11.3 Å². The average Bonchev–Trinajstić information content (AvgIpc) is 3.65. The maximum atomic E-state index is 13.2. The van der Waals surface area contributed by atoms with E-state index in [1.807, 2.05) is 42.5 Å². The van der Waals surface area contributed by atoms with Crippen molar-refractivity contribution in [3.8, 4) is 27.6 Å². The zero-order valence-corrected chi connectivity index (χ0v) is 29.6. The van der Waals surface area contributed by atoms with Crippen LogP contribution in [0.25, 0.3) is 32.7 Å². The summed E-state index contributed by atoms with van der Waals surface area (Å²) in [5, 5.41) is 20.4. The lowest BCUT2D eigenvalue weighted by Gasteiger charge is -2.08. The van der Waals surface area contributed by atoms with E-state index >= 15 is 0 Å². The first-order valence-electron chi connectivity index (χ1n) is 15.3. The summed E-state index contributed by atoms with van der Waals surface area (Å²) in [4.78, 5) is 52.4. The van der Waals surface area contributed by atoms with E-state index in [9.17, 15) is 19.2 Å². The van der Waals surface area contributed by atoms with E-state index in [0.29, 0.717) is 49.2 Å². The number of aromatic nitrogens is 2. The monoisotopic (exact) mass is 744 g/mol. The number of aliphatic carboxylic acids is 2. The number of ether oxygens (including phenoxy) is 2. The van der Waals surface area contributed by atoms with E-state index in [2.05, 4.69) is 4.98 Å². The van der Waals surface area contributed by atoms with E-state index < -0.39 is 24.5 Å². The SMILES string of the molecule is COc1ccc2c(c1)c(CC(=O)OCC(=O)O)c(C)n2C(=O)c1ccc(Cl)cc1.O=C(O)Cc1sc(-c2ccccc2)nc1-c1ccc(Cl)cc1. The van der Waals surface area contributed by atoms with Crippen LogP contribution in [0.2, 0.25) is 10.0 Å². The molecule has 0 bridgehead atoms. The predicted octanol–water partition coefficient (Wildman–Crippen LogP) is 8.23. The Labute approximate surface area is 306 Å². The molecule has 0 fully saturated rings. The fourth-order valence-electron chi connectivity index (χ4n) is 5.28. The molecule has 2 N–H and O–H groups in total. The van der Waals surface area contributed by atoms with Gasteiger partial charge in [-0.2, -0.15) is 0 Å². The summed E-state index contributed by atoms with van der Waals surface area (Å²) in [6.07, 6.45) is -0.216. The molecular weight excluding hydrogens is 715 g/mol. The van der Waals surface area contributed by atoms with Gasteiger partial charge in [0, 0.05) is 42.7 Å². The number of carboxylic acid groups (broad SMARTS) is 2. The highest BCUT2D eigenvalue weighted by Crippen LogP contribution is 2.35. The van der Waals surface area contributed by atoms with Crippen LogP contribution in [0.1, 0.15) is 26.5 Å². The number of nitrogens with zero attached hydrogens (tertiary/aromatic N) is 2. The third-order valence-electron chi connectivity index (χ3n) is 7.66. The standard InChI is InChI=1S/C21H18ClNO6.C17H12ClNO2S/c1-12-16(10-20(26)29-11-19(24)25)17-9-15(28-2)7-8-18(17)23(12)21(27)13-3-5-14(22)6-4-13;18-13-8-6-11(7-9-13)16-14(10-15(20)21)22-17(19-16)12-4-2-1-3-5-12/h3-9H,10-11H2,1-2H3,(H,24,25);1-9H,10H2,(H,20,21). The molecule has 51 heavy (non-hydrogen) atoms. The molecule has 4 aromatic carbocycles. The van der Waals surface area contributed by atoms with Crippen LogP contribution >= 0.6 is 34.5 Å². The molecular formula is C38H30Cl2N2O8S. The highest BCUT2D eigenvalue weighted by Gasteiger charge is 2.23. The number of carboxylic acids is 2. The van der Waals surface area contributed by atoms with Crippen molar-refractivity contribution >= 4 is 69.3 Å². The number of carbonyl (C=O) groups is 4. The van der Waals surface area contributed by atoms with E-state index in [-0.39, 0.29) is 18.7 Å². The van der Waals surface area contributed by atoms with Gasteiger partial charge in [0.05, 0.1) is 31.2 Å². The van der Waals surface area contributed by atoms with Crippen LogP contribution in [-0.2, 0) is 32.0 Å². The van der Waals surface area contributed by atoms with Crippen molar-refractivity contribution in [1.29, 1.82) is 0 Å². The summed E-state index contributed by atoms with van der Waals surface area (Å²) >= 11 is 13.2. The molecule has 0 atom stereocenters. The van der Waals surface area contributed by atoms with Crippen LogP contribution in [0.15, 0.2) is 97.1 Å². The van der Waals surface area contributed by atoms with Gasteiger partial charge in [-0.3, -0.25) is 19.0 Å². The van der Waals surface area contributed by atoms with Crippen molar-refractivity contribution in [2.75, 3.05) is 13.7 Å². The Morgan fingerprint density at radius 3 is 2.06 bits per heavy atom. The summed E-state index contributed by atoms with van der Waals surface area (Å²) in [5.41, 5.74) is 4.73. The minimum absolute atomic E-state index is 0.0392. The molecule has 260 valence electrons. The zero-order chi connectivity index (χ0) is 36.7. The molecule has 0 aliphatic carbocycles. The summed E-state index contributed by atoms with van der Waals surface area (Å²) in [5.74, 6) is -2.51. The van der Waals surface area contributed by atoms with E-state index in [1.54, 1.807) is 61.5 Å².